The number of carbonyl (C=O) groups excluding carboxylic acids is 1. The molecular formula is C18H27FN2O3S2. The van der Waals surface area contributed by atoms with Crippen LogP contribution < -0.4 is 9.62 Å². The van der Waals surface area contributed by atoms with Crippen molar-refractivity contribution in [3.63, 3.8) is 0 Å². The van der Waals surface area contributed by atoms with Crippen LogP contribution in [-0.4, -0.2) is 44.2 Å². The smallest absolute Gasteiger partial charge is 0.243 e. The highest BCUT2D eigenvalue weighted by Crippen LogP contribution is 2.28. The molecule has 1 aliphatic rings. The first-order valence-corrected chi connectivity index (χ1v) is 11.8. The van der Waals surface area contributed by atoms with Crippen molar-refractivity contribution in [3.05, 3.63) is 30.1 Å². The van der Waals surface area contributed by atoms with E-state index in [1.807, 2.05) is 11.8 Å². The molecular weight excluding hydrogens is 375 g/mol. The highest BCUT2D eigenvalue weighted by molar-refractivity contribution is 7.99. The van der Waals surface area contributed by atoms with Gasteiger partial charge in [0.15, 0.2) is 0 Å². The van der Waals surface area contributed by atoms with Gasteiger partial charge in [0, 0.05) is 17.5 Å². The third-order valence-electron chi connectivity index (χ3n) is 4.49. The molecule has 1 N–H and O–H groups in total. The van der Waals surface area contributed by atoms with E-state index in [0.29, 0.717) is 11.8 Å². The molecule has 1 atom stereocenters. The summed E-state index contributed by atoms with van der Waals surface area (Å²) in [6, 6.07) is 4.54. The number of hydrogen-bond acceptors (Lipinski definition) is 4. The monoisotopic (exact) mass is 402 g/mol. The average Bonchev–Trinajstić information content (AvgIpc) is 2.60. The van der Waals surface area contributed by atoms with Gasteiger partial charge < -0.3 is 5.32 Å². The molecule has 1 aromatic rings. The summed E-state index contributed by atoms with van der Waals surface area (Å²) in [5, 5.41) is 3.43. The number of benzene rings is 1. The van der Waals surface area contributed by atoms with E-state index in [9.17, 15) is 17.6 Å². The third-order valence-corrected chi connectivity index (χ3v) is 7.10. The number of nitrogens with zero attached hydrogens (tertiary/aromatic N) is 1. The maximum atomic E-state index is 14.1. The lowest BCUT2D eigenvalue weighted by Crippen LogP contribution is -2.48. The van der Waals surface area contributed by atoms with Crippen molar-refractivity contribution in [2.45, 2.75) is 50.3 Å². The zero-order valence-corrected chi connectivity index (χ0v) is 16.9. The molecule has 1 aromatic carbocycles. The molecule has 0 aliphatic heterocycles. The van der Waals surface area contributed by atoms with Crippen LogP contribution in [-0.2, 0) is 14.8 Å². The summed E-state index contributed by atoms with van der Waals surface area (Å²) in [4.78, 5) is 12.4. The first kappa shape index (κ1) is 21.0. The maximum Gasteiger partial charge on any atom is 0.243 e. The Morgan fingerprint density at radius 2 is 1.96 bits per heavy atom. The standard InChI is InChI=1S/C18H27FN2O3S2/c1-14(18(22)20-12-13-25-15-8-4-3-5-9-15)21(26(2,23)24)17-11-7-6-10-16(17)19/h6-7,10-11,14-15H,3-5,8-9,12-13H2,1-2H3,(H,20,22)/t14-/m0/s1. The molecule has 146 valence electrons. The lowest BCUT2D eigenvalue weighted by Gasteiger charge is -2.28. The molecule has 0 saturated heterocycles. The van der Waals surface area contributed by atoms with Gasteiger partial charge in [-0.1, -0.05) is 31.4 Å². The molecule has 0 aromatic heterocycles. The Kier molecular flexibility index (Phi) is 7.76. The van der Waals surface area contributed by atoms with E-state index < -0.39 is 27.8 Å². The number of halogens is 1. The van der Waals surface area contributed by atoms with Crippen LogP contribution in [0.3, 0.4) is 0 Å². The molecule has 26 heavy (non-hydrogen) atoms. The quantitative estimate of drug-likeness (QED) is 0.679. The summed E-state index contributed by atoms with van der Waals surface area (Å²) in [7, 11) is -3.81. The molecule has 0 radical (unpaired) electrons. The highest BCUT2D eigenvalue weighted by Gasteiger charge is 2.30. The van der Waals surface area contributed by atoms with E-state index in [4.69, 9.17) is 0 Å². The van der Waals surface area contributed by atoms with Crippen molar-refractivity contribution in [3.8, 4) is 0 Å². The van der Waals surface area contributed by atoms with E-state index in [1.165, 1.54) is 57.2 Å². The fourth-order valence-electron chi connectivity index (χ4n) is 3.19. The summed E-state index contributed by atoms with van der Waals surface area (Å²) in [5.74, 6) is -0.310. The van der Waals surface area contributed by atoms with Crippen LogP contribution in [0.5, 0.6) is 0 Å². The van der Waals surface area contributed by atoms with Crippen LogP contribution in [0.25, 0.3) is 0 Å². The molecule has 1 saturated carbocycles. The van der Waals surface area contributed by atoms with E-state index >= 15 is 0 Å². The second-order valence-corrected chi connectivity index (χ2v) is 9.88. The number of amides is 1. The molecule has 0 unspecified atom stereocenters. The van der Waals surface area contributed by atoms with E-state index in [2.05, 4.69) is 5.32 Å². The van der Waals surface area contributed by atoms with Gasteiger partial charge in [0.2, 0.25) is 15.9 Å². The SMILES string of the molecule is C[C@@H](C(=O)NCCSC1CCCCC1)N(c1ccccc1F)S(C)(=O)=O. The topological polar surface area (TPSA) is 66.5 Å². The first-order chi connectivity index (χ1) is 12.3. The lowest BCUT2D eigenvalue weighted by atomic mass is 10.0. The van der Waals surface area contributed by atoms with Crippen molar-refractivity contribution >= 4 is 33.4 Å². The average molecular weight is 403 g/mol. The van der Waals surface area contributed by atoms with E-state index in [1.54, 1.807) is 6.07 Å². The Bertz CT molecular complexity index is 706. The summed E-state index contributed by atoms with van der Waals surface area (Å²) in [6.45, 7) is 1.94. The summed E-state index contributed by atoms with van der Waals surface area (Å²) in [6.07, 6.45) is 7.28. The molecule has 1 amide bonds. The molecule has 0 spiro atoms. The van der Waals surface area contributed by atoms with Gasteiger partial charge in [-0.3, -0.25) is 9.10 Å². The Morgan fingerprint density at radius 3 is 2.58 bits per heavy atom. The normalized spacial score (nSPS) is 16.9. The second-order valence-electron chi connectivity index (χ2n) is 6.61. The Morgan fingerprint density at radius 1 is 1.31 bits per heavy atom. The van der Waals surface area contributed by atoms with Gasteiger partial charge in [0.05, 0.1) is 11.9 Å². The second kappa shape index (κ2) is 9.60. The molecule has 1 fully saturated rings. The molecule has 2 rings (SSSR count). The minimum Gasteiger partial charge on any atom is -0.353 e. The maximum absolute atomic E-state index is 14.1. The van der Waals surface area contributed by atoms with Crippen LogP contribution in [0.4, 0.5) is 10.1 Å². The van der Waals surface area contributed by atoms with Crippen molar-refractivity contribution in [2.75, 3.05) is 22.9 Å². The fourth-order valence-corrected chi connectivity index (χ4v) is 5.59. The molecule has 0 bridgehead atoms. The van der Waals surface area contributed by atoms with Gasteiger partial charge in [0.25, 0.3) is 0 Å². The van der Waals surface area contributed by atoms with Crippen molar-refractivity contribution in [1.29, 1.82) is 0 Å². The largest absolute Gasteiger partial charge is 0.353 e. The van der Waals surface area contributed by atoms with Crippen LogP contribution in [0.2, 0.25) is 0 Å². The van der Waals surface area contributed by atoms with Gasteiger partial charge in [-0.25, -0.2) is 12.8 Å². The highest BCUT2D eigenvalue weighted by atomic mass is 32.2. The van der Waals surface area contributed by atoms with Crippen LogP contribution in [0.15, 0.2) is 24.3 Å². The van der Waals surface area contributed by atoms with Crippen molar-refractivity contribution in [1.82, 2.24) is 5.32 Å². The van der Waals surface area contributed by atoms with Crippen molar-refractivity contribution in [2.24, 2.45) is 0 Å². The first-order valence-electron chi connectivity index (χ1n) is 8.94. The number of sulfonamides is 1. The summed E-state index contributed by atoms with van der Waals surface area (Å²) >= 11 is 1.86. The number of rotatable bonds is 8. The summed E-state index contributed by atoms with van der Waals surface area (Å²) < 4.78 is 39.2. The predicted octanol–water partition coefficient (Wildman–Crippen LogP) is 3.16. The minimum atomic E-state index is -3.81. The fraction of sp³-hybridized carbons (Fsp3) is 0.611. The van der Waals surface area contributed by atoms with Gasteiger partial charge >= 0.3 is 0 Å². The van der Waals surface area contributed by atoms with Gasteiger partial charge in [-0.05, 0) is 31.9 Å². The Hall–Kier alpha value is -1.28. The van der Waals surface area contributed by atoms with Crippen molar-refractivity contribution < 1.29 is 17.6 Å². The zero-order chi connectivity index (χ0) is 19.2. The molecule has 1 aliphatic carbocycles. The van der Waals surface area contributed by atoms with Crippen LogP contribution >= 0.6 is 11.8 Å². The molecule has 0 heterocycles. The number of hydrogen-bond donors (Lipinski definition) is 1. The summed E-state index contributed by atoms with van der Waals surface area (Å²) in [5.41, 5.74) is -0.116. The number of carbonyl (C=O) groups is 1. The zero-order valence-electron chi connectivity index (χ0n) is 15.3. The Labute approximate surface area is 159 Å². The number of para-hydroxylation sites is 1. The van der Waals surface area contributed by atoms with Gasteiger partial charge in [0.1, 0.15) is 11.9 Å². The van der Waals surface area contributed by atoms with Gasteiger partial charge in [-0.2, -0.15) is 11.8 Å². The molecule has 5 nitrogen and oxygen atoms in total. The Balaban J connectivity index is 1.94. The van der Waals surface area contributed by atoms with Crippen LogP contribution in [0, 0.1) is 5.82 Å². The van der Waals surface area contributed by atoms with Gasteiger partial charge in [-0.15, -0.1) is 0 Å². The van der Waals surface area contributed by atoms with E-state index in [0.717, 1.165) is 16.3 Å². The minimum absolute atomic E-state index is 0.116. The lowest BCUT2D eigenvalue weighted by molar-refractivity contribution is -0.121. The third kappa shape index (κ3) is 5.87. The number of anilines is 1. The number of nitrogens with one attached hydrogen (secondary N) is 1. The van der Waals surface area contributed by atoms with Crippen LogP contribution in [0.1, 0.15) is 39.0 Å². The van der Waals surface area contributed by atoms with E-state index in [-0.39, 0.29) is 5.69 Å². The molecule has 8 heteroatoms. The predicted molar refractivity (Wildman–Crippen MR) is 106 cm³/mol. The number of thioether (sulfide) groups is 1.